The minimum Gasteiger partial charge on any atom is -0.370 e. The fraction of sp³-hybridized carbons (Fsp3) is 0.353. The van der Waals surface area contributed by atoms with Gasteiger partial charge in [0.1, 0.15) is 5.82 Å². The number of piperidine rings is 1. The average Bonchev–Trinajstić information content (AvgIpc) is 2.55. The van der Waals surface area contributed by atoms with Crippen molar-refractivity contribution in [2.75, 3.05) is 18.0 Å². The van der Waals surface area contributed by atoms with Crippen LogP contribution in [0.5, 0.6) is 0 Å². The molecule has 1 unspecified atom stereocenters. The molecule has 1 fully saturated rings. The van der Waals surface area contributed by atoms with Crippen molar-refractivity contribution in [2.45, 2.75) is 19.3 Å². The zero-order valence-corrected chi connectivity index (χ0v) is 12.8. The fourth-order valence-electron chi connectivity index (χ4n) is 2.99. The number of carbonyl (C=O) groups excluding carboxylic acids is 1. The van der Waals surface area contributed by atoms with Gasteiger partial charge in [-0.25, -0.2) is 4.39 Å². The summed E-state index contributed by atoms with van der Waals surface area (Å²) in [6.07, 6.45) is 2.44. The van der Waals surface area contributed by atoms with Crippen molar-refractivity contribution in [1.82, 2.24) is 10.2 Å². The molecule has 6 heteroatoms. The normalized spacial score (nSPS) is 18.0. The van der Waals surface area contributed by atoms with Crippen LogP contribution in [0.15, 0.2) is 36.4 Å². The van der Waals surface area contributed by atoms with E-state index < -0.39 is 0 Å². The number of hydrogen-bond donors (Lipinski definition) is 1. The molecule has 0 bridgehead atoms. The molecule has 1 saturated heterocycles. The highest BCUT2D eigenvalue weighted by Crippen LogP contribution is 2.24. The van der Waals surface area contributed by atoms with Crippen LogP contribution in [-0.2, 0) is 4.79 Å². The molecule has 120 valence electrons. The second-order valence-corrected chi connectivity index (χ2v) is 5.91. The molecule has 0 saturated carbocycles. The summed E-state index contributed by atoms with van der Waals surface area (Å²) in [5.41, 5.74) is 6.83. The second-order valence-electron chi connectivity index (χ2n) is 5.91. The van der Waals surface area contributed by atoms with Crippen LogP contribution >= 0.6 is 0 Å². The molecule has 1 aliphatic rings. The van der Waals surface area contributed by atoms with Gasteiger partial charge in [-0.3, -0.25) is 4.79 Å². The first-order chi connectivity index (χ1) is 11.1. The molecule has 5 nitrogen and oxygen atoms in total. The van der Waals surface area contributed by atoms with Gasteiger partial charge in [0, 0.05) is 25.1 Å². The fourth-order valence-corrected chi connectivity index (χ4v) is 2.99. The molecule has 2 N–H and O–H groups in total. The number of halogens is 1. The third kappa shape index (κ3) is 3.83. The molecular formula is C17H19FN4O. The molecule has 0 spiro atoms. The number of benzene rings is 1. The smallest absolute Gasteiger partial charge is 0.217 e. The lowest BCUT2D eigenvalue weighted by atomic mass is 9.94. The lowest BCUT2D eigenvalue weighted by Crippen LogP contribution is -2.37. The van der Waals surface area contributed by atoms with Crippen LogP contribution in [0.2, 0.25) is 0 Å². The summed E-state index contributed by atoms with van der Waals surface area (Å²) in [5.74, 6) is 0.548. The number of primary amides is 1. The number of anilines is 1. The maximum atomic E-state index is 13.0. The Hall–Kier alpha value is -2.50. The first-order valence-corrected chi connectivity index (χ1v) is 7.75. The van der Waals surface area contributed by atoms with Gasteiger partial charge in [0.15, 0.2) is 5.82 Å². The Bertz CT molecular complexity index is 672. The number of nitrogens with two attached hydrogens (primary N) is 1. The molecule has 2 aromatic rings. The maximum absolute atomic E-state index is 13.0. The number of hydrogen-bond acceptors (Lipinski definition) is 4. The first-order valence-electron chi connectivity index (χ1n) is 7.75. The third-order valence-electron chi connectivity index (χ3n) is 4.12. The van der Waals surface area contributed by atoms with Gasteiger partial charge in [0.25, 0.3) is 0 Å². The number of rotatable bonds is 4. The van der Waals surface area contributed by atoms with Gasteiger partial charge >= 0.3 is 0 Å². The van der Waals surface area contributed by atoms with Crippen molar-refractivity contribution in [2.24, 2.45) is 11.7 Å². The summed E-state index contributed by atoms with van der Waals surface area (Å²) >= 11 is 0. The van der Waals surface area contributed by atoms with Crippen molar-refractivity contribution in [1.29, 1.82) is 0 Å². The molecule has 1 aromatic carbocycles. The lowest BCUT2D eigenvalue weighted by molar-refractivity contribution is -0.118. The molecule has 1 aliphatic heterocycles. The summed E-state index contributed by atoms with van der Waals surface area (Å²) in [6, 6.07) is 9.98. The number of carbonyl (C=O) groups is 1. The van der Waals surface area contributed by atoms with Crippen molar-refractivity contribution in [3.05, 3.63) is 42.2 Å². The van der Waals surface area contributed by atoms with Gasteiger partial charge < -0.3 is 10.6 Å². The number of nitrogens with zero attached hydrogens (tertiary/aromatic N) is 3. The predicted molar refractivity (Wildman–Crippen MR) is 86.2 cm³/mol. The highest BCUT2D eigenvalue weighted by atomic mass is 19.1. The molecular weight excluding hydrogens is 295 g/mol. The Balaban J connectivity index is 1.71. The molecule has 0 aliphatic carbocycles. The van der Waals surface area contributed by atoms with E-state index in [1.807, 2.05) is 12.1 Å². The van der Waals surface area contributed by atoms with E-state index in [0.717, 1.165) is 37.3 Å². The number of amides is 1. The molecule has 3 rings (SSSR count). The van der Waals surface area contributed by atoms with E-state index in [2.05, 4.69) is 15.1 Å². The van der Waals surface area contributed by atoms with E-state index in [9.17, 15) is 9.18 Å². The summed E-state index contributed by atoms with van der Waals surface area (Å²) in [5, 5.41) is 8.51. The molecule has 1 atom stereocenters. The van der Waals surface area contributed by atoms with Gasteiger partial charge in [-0.15, -0.1) is 10.2 Å². The van der Waals surface area contributed by atoms with Gasteiger partial charge in [0.05, 0.1) is 5.69 Å². The predicted octanol–water partition coefficient (Wildman–Crippen LogP) is 2.37. The SMILES string of the molecule is NC(=O)CC1CCCN(c2ccc(-c3ccc(F)cc3)nn2)C1. The minimum absolute atomic E-state index is 0.255. The van der Waals surface area contributed by atoms with Gasteiger partial charge in [-0.1, -0.05) is 0 Å². The third-order valence-corrected chi connectivity index (χ3v) is 4.12. The Morgan fingerprint density at radius 2 is 2.00 bits per heavy atom. The first kappa shape index (κ1) is 15.4. The monoisotopic (exact) mass is 314 g/mol. The van der Waals surface area contributed by atoms with Gasteiger partial charge in [0.2, 0.25) is 5.91 Å². The highest BCUT2D eigenvalue weighted by molar-refractivity contribution is 5.74. The van der Waals surface area contributed by atoms with Crippen LogP contribution in [-0.4, -0.2) is 29.2 Å². The van der Waals surface area contributed by atoms with Crippen LogP contribution in [0.25, 0.3) is 11.3 Å². The van der Waals surface area contributed by atoms with E-state index in [0.29, 0.717) is 12.1 Å². The summed E-state index contributed by atoms with van der Waals surface area (Å²) < 4.78 is 13.0. The Morgan fingerprint density at radius 1 is 1.22 bits per heavy atom. The van der Waals surface area contributed by atoms with E-state index in [1.54, 1.807) is 12.1 Å². The summed E-state index contributed by atoms with van der Waals surface area (Å²) in [7, 11) is 0. The summed E-state index contributed by atoms with van der Waals surface area (Å²) in [4.78, 5) is 13.2. The van der Waals surface area contributed by atoms with Crippen LogP contribution in [0.3, 0.4) is 0 Å². The largest absolute Gasteiger partial charge is 0.370 e. The van der Waals surface area contributed by atoms with Crippen LogP contribution < -0.4 is 10.6 Å². The zero-order valence-electron chi connectivity index (χ0n) is 12.8. The Morgan fingerprint density at radius 3 is 2.65 bits per heavy atom. The van der Waals surface area contributed by atoms with E-state index in [4.69, 9.17) is 5.73 Å². The minimum atomic E-state index is -0.271. The molecule has 0 radical (unpaired) electrons. The van der Waals surface area contributed by atoms with E-state index >= 15 is 0 Å². The van der Waals surface area contributed by atoms with E-state index in [1.165, 1.54) is 12.1 Å². The average molecular weight is 314 g/mol. The second kappa shape index (κ2) is 6.73. The quantitative estimate of drug-likeness (QED) is 0.940. The van der Waals surface area contributed by atoms with Gasteiger partial charge in [-0.05, 0) is 55.2 Å². The van der Waals surface area contributed by atoms with Gasteiger partial charge in [-0.2, -0.15) is 0 Å². The highest BCUT2D eigenvalue weighted by Gasteiger charge is 2.22. The van der Waals surface area contributed by atoms with E-state index in [-0.39, 0.29) is 17.6 Å². The summed E-state index contributed by atoms with van der Waals surface area (Å²) in [6.45, 7) is 1.67. The van der Waals surface area contributed by atoms with Crippen molar-refractivity contribution in [3.8, 4) is 11.3 Å². The molecule has 2 heterocycles. The standard InChI is InChI=1S/C17H19FN4O/c18-14-5-3-13(4-6-14)15-7-8-17(21-20-15)22-9-1-2-12(11-22)10-16(19)23/h3-8,12H,1-2,9-11H2,(H2,19,23). The van der Waals surface area contributed by atoms with Crippen LogP contribution in [0.4, 0.5) is 10.2 Å². The maximum Gasteiger partial charge on any atom is 0.217 e. The van der Waals surface area contributed by atoms with Crippen LogP contribution in [0.1, 0.15) is 19.3 Å². The zero-order chi connectivity index (χ0) is 16.2. The molecule has 23 heavy (non-hydrogen) atoms. The van der Waals surface area contributed by atoms with Crippen LogP contribution in [0, 0.1) is 11.7 Å². The number of aromatic nitrogens is 2. The topological polar surface area (TPSA) is 72.1 Å². The molecule has 1 aromatic heterocycles. The lowest BCUT2D eigenvalue weighted by Gasteiger charge is -2.32. The van der Waals surface area contributed by atoms with Crippen molar-refractivity contribution in [3.63, 3.8) is 0 Å². The van der Waals surface area contributed by atoms with Crippen molar-refractivity contribution < 1.29 is 9.18 Å². The Kier molecular flexibility index (Phi) is 4.50. The Labute approximate surface area is 134 Å². The molecule has 1 amide bonds. The van der Waals surface area contributed by atoms with Crippen molar-refractivity contribution >= 4 is 11.7 Å².